The van der Waals surface area contributed by atoms with Crippen LogP contribution in [0.25, 0.3) is 0 Å². The summed E-state index contributed by atoms with van der Waals surface area (Å²) in [5, 5.41) is 0. The molecule has 0 aliphatic heterocycles. The van der Waals surface area contributed by atoms with E-state index in [-0.39, 0.29) is 23.4 Å². The Bertz CT molecular complexity index is 383. The summed E-state index contributed by atoms with van der Waals surface area (Å²) >= 11 is 0. The van der Waals surface area contributed by atoms with Crippen LogP contribution in [0.5, 0.6) is 0 Å². The van der Waals surface area contributed by atoms with Gasteiger partial charge in [0.15, 0.2) is 0 Å². The Kier molecular flexibility index (Phi) is 3.32. The molecular weight excluding hydrogens is 205 g/mol. The molecule has 0 aromatic carbocycles. The molecule has 1 aromatic rings. The third-order valence-electron chi connectivity index (χ3n) is 3.48. The smallest absolute Gasteiger partial charge is 0.144 e. The summed E-state index contributed by atoms with van der Waals surface area (Å²) in [7, 11) is 0. The summed E-state index contributed by atoms with van der Waals surface area (Å²) in [6.45, 7) is 1.65. The number of ketones is 1. The molecule has 1 saturated carbocycles. The van der Waals surface area contributed by atoms with E-state index in [0.717, 1.165) is 25.7 Å². The molecule has 1 aliphatic rings. The lowest BCUT2D eigenvalue weighted by Gasteiger charge is -2.26. The maximum absolute atomic E-state index is 13.5. The first-order chi connectivity index (χ1) is 7.68. The second kappa shape index (κ2) is 4.73. The number of pyridine rings is 1. The Morgan fingerprint density at radius 3 is 2.62 bits per heavy atom. The van der Waals surface area contributed by atoms with Crippen molar-refractivity contribution in [3.63, 3.8) is 0 Å². The third kappa shape index (κ3) is 2.29. The molecule has 2 nitrogen and oxygen atoms in total. The molecular formula is C13H16FNO. The van der Waals surface area contributed by atoms with E-state index in [2.05, 4.69) is 4.98 Å². The number of Topliss-reactive ketones (excluding diaryl/α,β-unsaturated/α-hetero) is 1. The Hall–Kier alpha value is -1.25. The Labute approximate surface area is 94.9 Å². The van der Waals surface area contributed by atoms with Crippen LogP contribution >= 0.6 is 0 Å². The highest BCUT2D eigenvalue weighted by molar-refractivity contribution is 5.78. The zero-order valence-corrected chi connectivity index (χ0v) is 9.45. The number of aromatic nitrogens is 1. The normalized spacial score (nSPS) is 25.4. The van der Waals surface area contributed by atoms with Crippen molar-refractivity contribution >= 4 is 5.78 Å². The maximum atomic E-state index is 13.5. The van der Waals surface area contributed by atoms with Gasteiger partial charge in [-0.1, -0.05) is 0 Å². The van der Waals surface area contributed by atoms with Crippen LogP contribution in [0.1, 0.15) is 44.2 Å². The second-order valence-corrected chi connectivity index (χ2v) is 4.53. The topological polar surface area (TPSA) is 30.0 Å². The molecule has 0 N–H and O–H groups in total. The fourth-order valence-electron chi connectivity index (χ4n) is 2.47. The fraction of sp³-hybridized carbons (Fsp3) is 0.538. The maximum Gasteiger partial charge on any atom is 0.144 e. The molecule has 0 saturated heterocycles. The molecule has 86 valence electrons. The van der Waals surface area contributed by atoms with Crippen LogP contribution in [0.3, 0.4) is 0 Å². The van der Waals surface area contributed by atoms with Crippen molar-refractivity contribution in [2.45, 2.75) is 38.5 Å². The van der Waals surface area contributed by atoms with Gasteiger partial charge in [-0.2, -0.15) is 0 Å². The van der Waals surface area contributed by atoms with Gasteiger partial charge >= 0.3 is 0 Å². The number of nitrogens with zero attached hydrogens (tertiary/aromatic N) is 1. The van der Waals surface area contributed by atoms with E-state index in [1.54, 1.807) is 19.2 Å². The average Bonchev–Trinajstić information content (AvgIpc) is 2.30. The molecule has 0 amide bonds. The predicted molar refractivity (Wildman–Crippen MR) is 59.6 cm³/mol. The largest absolute Gasteiger partial charge is 0.300 e. The Balaban J connectivity index is 2.05. The van der Waals surface area contributed by atoms with Crippen LogP contribution in [-0.4, -0.2) is 10.8 Å². The van der Waals surface area contributed by atoms with Crippen LogP contribution in [0.2, 0.25) is 0 Å². The van der Waals surface area contributed by atoms with Crippen molar-refractivity contribution < 1.29 is 9.18 Å². The minimum Gasteiger partial charge on any atom is -0.300 e. The van der Waals surface area contributed by atoms with Gasteiger partial charge in [0.1, 0.15) is 11.6 Å². The van der Waals surface area contributed by atoms with Crippen LogP contribution in [-0.2, 0) is 4.79 Å². The van der Waals surface area contributed by atoms with E-state index >= 15 is 0 Å². The highest BCUT2D eigenvalue weighted by Crippen LogP contribution is 2.35. The molecule has 0 bridgehead atoms. The first-order valence-electron chi connectivity index (χ1n) is 5.79. The molecule has 16 heavy (non-hydrogen) atoms. The van der Waals surface area contributed by atoms with E-state index in [1.807, 2.05) is 0 Å². The van der Waals surface area contributed by atoms with Gasteiger partial charge < -0.3 is 0 Å². The van der Waals surface area contributed by atoms with Crippen molar-refractivity contribution in [3.05, 3.63) is 29.8 Å². The third-order valence-corrected chi connectivity index (χ3v) is 3.48. The summed E-state index contributed by atoms with van der Waals surface area (Å²) < 4.78 is 13.5. The summed E-state index contributed by atoms with van der Waals surface area (Å²) in [5.74, 6) is 0.425. The van der Waals surface area contributed by atoms with Crippen molar-refractivity contribution in [3.8, 4) is 0 Å². The van der Waals surface area contributed by atoms with Crippen molar-refractivity contribution in [1.29, 1.82) is 0 Å². The van der Waals surface area contributed by atoms with Gasteiger partial charge in [0.05, 0.1) is 5.69 Å². The van der Waals surface area contributed by atoms with Crippen molar-refractivity contribution in [2.24, 2.45) is 5.92 Å². The predicted octanol–water partition coefficient (Wildman–Crippen LogP) is 3.08. The summed E-state index contributed by atoms with van der Waals surface area (Å²) in [6, 6.07) is 3.07. The van der Waals surface area contributed by atoms with E-state index in [0.29, 0.717) is 5.69 Å². The number of halogens is 1. The van der Waals surface area contributed by atoms with Gasteiger partial charge in [0.25, 0.3) is 0 Å². The molecule has 1 aliphatic carbocycles. The Morgan fingerprint density at radius 1 is 1.38 bits per heavy atom. The molecule has 1 fully saturated rings. The number of carbonyl (C=O) groups is 1. The fourth-order valence-corrected chi connectivity index (χ4v) is 2.47. The van der Waals surface area contributed by atoms with E-state index in [4.69, 9.17) is 0 Å². The lowest BCUT2D eigenvalue weighted by molar-refractivity contribution is -0.121. The van der Waals surface area contributed by atoms with Gasteiger partial charge in [-0.05, 0) is 44.7 Å². The highest BCUT2D eigenvalue weighted by Gasteiger charge is 2.26. The van der Waals surface area contributed by atoms with E-state index in [9.17, 15) is 9.18 Å². The van der Waals surface area contributed by atoms with Crippen LogP contribution in [0.15, 0.2) is 18.3 Å². The zero-order valence-electron chi connectivity index (χ0n) is 9.45. The molecule has 0 radical (unpaired) electrons. The minimum absolute atomic E-state index is 0.183. The van der Waals surface area contributed by atoms with Gasteiger partial charge in [-0.15, -0.1) is 0 Å². The van der Waals surface area contributed by atoms with Crippen LogP contribution in [0, 0.1) is 11.7 Å². The second-order valence-electron chi connectivity index (χ2n) is 4.53. The highest BCUT2D eigenvalue weighted by atomic mass is 19.1. The van der Waals surface area contributed by atoms with Crippen LogP contribution in [0.4, 0.5) is 4.39 Å². The van der Waals surface area contributed by atoms with Gasteiger partial charge in [0.2, 0.25) is 0 Å². The monoisotopic (exact) mass is 221 g/mol. The number of carbonyl (C=O) groups excluding carboxylic acids is 1. The summed E-state index contributed by atoms with van der Waals surface area (Å²) in [4.78, 5) is 15.3. The zero-order chi connectivity index (χ0) is 11.5. The van der Waals surface area contributed by atoms with E-state index in [1.165, 1.54) is 6.07 Å². The molecule has 0 unspecified atom stereocenters. The lowest BCUT2D eigenvalue weighted by atomic mass is 9.79. The number of hydrogen-bond donors (Lipinski definition) is 0. The molecule has 2 rings (SSSR count). The quantitative estimate of drug-likeness (QED) is 0.768. The molecule has 0 atom stereocenters. The van der Waals surface area contributed by atoms with Crippen molar-refractivity contribution in [1.82, 2.24) is 4.98 Å². The van der Waals surface area contributed by atoms with E-state index < -0.39 is 0 Å². The molecule has 1 aromatic heterocycles. The van der Waals surface area contributed by atoms with Gasteiger partial charge in [-0.3, -0.25) is 9.78 Å². The van der Waals surface area contributed by atoms with Crippen LogP contribution < -0.4 is 0 Å². The summed E-state index contributed by atoms with van der Waals surface area (Å²) in [5.41, 5.74) is 0.574. The first kappa shape index (κ1) is 11.2. The first-order valence-corrected chi connectivity index (χ1v) is 5.79. The lowest BCUT2D eigenvalue weighted by Crippen LogP contribution is -2.20. The minimum atomic E-state index is -0.214. The molecule has 1 heterocycles. The van der Waals surface area contributed by atoms with Crippen molar-refractivity contribution in [2.75, 3.05) is 0 Å². The van der Waals surface area contributed by atoms with Gasteiger partial charge in [-0.25, -0.2) is 4.39 Å². The average molecular weight is 221 g/mol. The summed E-state index contributed by atoms with van der Waals surface area (Å²) in [6.07, 6.45) is 5.12. The standard InChI is InChI=1S/C13H16FNO/c1-9(16)10-4-6-11(7-5-10)13-12(14)3-2-8-15-13/h2-3,8,10-11H,4-7H2,1H3/t10-,11-. The number of rotatable bonds is 2. The molecule has 3 heteroatoms. The van der Waals surface area contributed by atoms with Gasteiger partial charge in [0, 0.05) is 18.0 Å². The SMILES string of the molecule is CC(=O)[C@H]1CC[C@H](c2ncccc2F)CC1. The number of hydrogen-bond acceptors (Lipinski definition) is 2. The molecule has 0 spiro atoms. The Morgan fingerprint density at radius 2 is 2.06 bits per heavy atom.